The molecule has 0 bridgehead atoms. The molecule has 0 amide bonds. The fourth-order valence-electron chi connectivity index (χ4n) is 1.92. The SMILES string of the molecule is Cc1cccc(C(C)NCCCCOC(C)C)c1. The van der Waals surface area contributed by atoms with Crippen molar-refractivity contribution in [3.63, 3.8) is 0 Å². The lowest BCUT2D eigenvalue weighted by molar-refractivity contribution is 0.0759. The number of hydrogen-bond donors (Lipinski definition) is 1. The second-order valence-electron chi connectivity index (χ2n) is 5.22. The van der Waals surface area contributed by atoms with Crippen molar-refractivity contribution in [2.75, 3.05) is 13.2 Å². The minimum Gasteiger partial charge on any atom is -0.379 e. The van der Waals surface area contributed by atoms with Crippen LogP contribution in [-0.4, -0.2) is 19.3 Å². The first-order valence-electron chi connectivity index (χ1n) is 7.01. The summed E-state index contributed by atoms with van der Waals surface area (Å²) in [6.07, 6.45) is 2.65. The van der Waals surface area contributed by atoms with Crippen LogP contribution in [0.2, 0.25) is 0 Å². The standard InChI is InChI=1S/C16H27NO/c1-13(2)18-11-6-5-10-17-15(4)16-9-7-8-14(3)12-16/h7-9,12-13,15,17H,5-6,10-11H2,1-4H3. The highest BCUT2D eigenvalue weighted by Gasteiger charge is 2.03. The number of ether oxygens (including phenoxy) is 1. The Morgan fingerprint density at radius 2 is 1.94 bits per heavy atom. The van der Waals surface area contributed by atoms with Crippen molar-refractivity contribution in [1.29, 1.82) is 0 Å². The summed E-state index contributed by atoms with van der Waals surface area (Å²) in [6.45, 7) is 10.4. The molecule has 1 atom stereocenters. The van der Waals surface area contributed by atoms with Crippen molar-refractivity contribution >= 4 is 0 Å². The van der Waals surface area contributed by atoms with Crippen molar-refractivity contribution in [3.05, 3.63) is 35.4 Å². The Kier molecular flexibility index (Phi) is 6.99. The van der Waals surface area contributed by atoms with Crippen LogP contribution in [0.15, 0.2) is 24.3 Å². The van der Waals surface area contributed by atoms with E-state index in [2.05, 4.69) is 57.3 Å². The molecule has 0 saturated carbocycles. The van der Waals surface area contributed by atoms with Crippen LogP contribution in [0.1, 0.15) is 50.8 Å². The zero-order chi connectivity index (χ0) is 13.4. The van der Waals surface area contributed by atoms with E-state index in [4.69, 9.17) is 4.74 Å². The number of unbranched alkanes of at least 4 members (excludes halogenated alkanes) is 1. The van der Waals surface area contributed by atoms with Crippen LogP contribution in [0, 0.1) is 6.92 Å². The van der Waals surface area contributed by atoms with Crippen molar-refractivity contribution in [2.45, 2.75) is 52.7 Å². The molecular weight excluding hydrogens is 222 g/mol. The van der Waals surface area contributed by atoms with Crippen molar-refractivity contribution in [2.24, 2.45) is 0 Å². The Bertz CT molecular complexity index is 336. The summed E-state index contributed by atoms with van der Waals surface area (Å²) in [5.74, 6) is 0. The fraction of sp³-hybridized carbons (Fsp3) is 0.625. The minimum atomic E-state index is 0.351. The van der Waals surface area contributed by atoms with Gasteiger partial charge in [-0.3, -0.25) is 0 Å². The monoisotopic (exact) mass is 249 g/mol. The Balaban J connectivity index is 2.15. The topological polar surface area (TPSA) is 21.3 Å². The lowest BCUT2D eigenvalue weighted by atomic mass is 10.1. The first kappa shape index (κ1) is 15.2. The van der Waals surface area contributed by atoms with Gasteiger partial charge in [-0.15, -0.1) is 0 Å². The van der Waals surface area contributed by atoms with Crippen LogP contribution >= 0.6 is 0 Å². The highest BCUT2D eigenvalue weighted by atomic mass is 16.5. The van der Waals surface area contributed by atoms with E-state index in [9.17, 15) is 0 Å². The van der Waals surface area contributed by atoms with Crippen LogP contribution in [0.4, 0.5) is 0 Å². The van der Waals surface area contributed by atoms with Crippen LogP contribution < -0.4 is 5.32 Å². The van der Waals surface area contributed by atoms with Crippen molar-refractivity contribution < 1.29 is 4.74 Å². The van der Waals surface area contributed by atoms with Gasteiger partial charge in [-0.25, -0.2) is 0 Å². The normalized spacial score (nSPS) is 12.9. The van der Waals surface area contributed by atoms with Crippen molar-refractivity contribution in [1.82, 2.24) is 5.32 Å². The third-order valence-electron chi connectivity index (χ3n) is 3.01. The van der Waals surface area contributed by atoms with E-state index < -0.39 is 0 Å². The number of aryl methyl sites for hydroxylation is 1. The van der Waals surface area contributed by atoms with Gasteiger partial charge in [0.2, 0.25) is 0 Å². The second kappa shape index (κ2) is 8.28. The molecule has 0 aromatic heterocycles. The van der Waals surface area contributed by atoms with E-state index in [1.54, 1.807) is 0 Å². The smallest absolute Gasteiger partial charge is 0.0518 e. The number of hydrogen-bond acceptors (Lipinski definition) is 2. The molecule has 0 spiro atoms. The predicted octanol–water partition coefficient (Wildman–Crippen LogP) is 3.85. The van der Waals surface area contributed by atoms with E-state index in [-0.39, 0.29) is 0 Å². The summed E-state index contributed by atoms with van der Waals surface area (Å²) in [4.78, 5) is 0. The van der Waals surface area contributed by atoms with Crippen LogP contribution in [0.3, 0.4) is 0 Å². The van der Waals surface area contributed by atoms with E-state index in [0.717, 1.165) is 19.6 Å². The second-order valence-corrected chi connectivity index (χ2v) is 5.22. The molecule has 18 heavy (non-hydrogen) atoms. The Hall–Kier alpha value is -0.860. The van der Waals surface area contributed by atoms with Crippen LogP contribution in [0.5, 0.6) is 0 Å². The largest absolute Gasteiger partial charge is 0.379 e. The summed E-state index contributed by atoms with van der Waals surface area (Å²) >= 11 is 0. The Morgan fingerprint density at radius 3 is 2.61 bits per heavy atom. The fourth-order valence-corrected chi connectivity index (χ4v) is 1.92. The summed E-state index contributed by atoms with van der Waals surface area (Å²) < 4.78 is 5.52. The maximum absolute atomic E-state index is 5.52. The van der Waals surface area contributed by atoms with Gasteiger partial charge >= 0.3 is 0 Å². The zero-order valence-electron chi connectivity index (χ0n) is 12.2. The third kappa shape index (κ3) is 6.18. The van der Waals surface area contributed by atoms with Gasteiger partial charge in [0.05, 0.1) is 6.10 Å². The average molecular weight is 249 g/mol. The van der Waals surface area contributed by atoms with Crippen molar-refractivity contribution in [3.8, 4) is 0 Å². The first-order chi connectivity index (χ1) is 8.59. The van der Waals surface area contributed by atoms with Gasteiger partial charge in [-0.1, -0.05) is 29.8 Å². The number of nitrogens with one attached hydrogen (secondary N) is 1. The summed E-state index contributed by atoms with van der Waals surface area (Å²) in [5, 5.41) is 3.56. The van der Waals surface area contributed by atoms with Crippen LogP contribution in [0.25, 0.3) is 0 Å². The molecule has 1 unspecified atom stereocenters. The van der Waals surface area contributed by atoms with Gasteiger partial charge in [0.15, 0.2) is 0 Å². The molecule has 0 heterocycles. The van der Waals surface area contributed by atoms with Gasteiger partial charge in [-0.2, -0.15) is 0 Å². The quantitative estimate of drug-likeness (QED) is 0.707. The molecule has 102 valence electrons. The summed E-state index contributed by atoms with van der Waals surface area (Å²) in [5.41, 5.74) is 2.69. The van der Waals surface area contributed by atoms with E-state index >= 15 is 0 Å². The Labute approximate surface area is 112 Å². The lowest BCUT2D eigenvalue weighted by Gasteiger charge is -2.15. The Morgan fingerprint density at radius 1 is 1.17 bits per heavy atom. The van der Waals surface area contributed by atoms with Gasteiger partial charge in [0.25, 0.3) is 0 Å². The van der Waals surface area contributed by atoms with Crippen LogP contribution in [-0.2, 0) is 4.74 Å². The molecule has 0 aliphatic rings. The molecule has 0 fully saturated rings. The number of benzene rings is 1. The lowest BCUT2D eigenvalue weighted by Crippen LogP contribution is -2.20. The molecule has 2 heteroatoms. The molecule has 1 aromatic carbocycles. The highest BCUT2D eigenvalue weighted by Crippen LogP contribution is 2.13. The van der Waals surface area contributed by atoms with E-state index in [1.165, 1.54) is 17.5 Å². The average Bonchev–Trinajstić information content (AvgIpc) is 2.33. The molecule has 0 aliphatic heterocycles. The molecule has 0 aliphatic carbocycles. The van der Waals surface area contributed by atoms with Gasteiger partial charge in [-0.05, 0) is 52.6 Å². The molecule has 0 radical (unpaired) electrons. The molecule has 1 N–H and O–H groups in total. The molecule has 0 saturated heterocycles. The predicted molar refractivity (Wildman–Crippen MR) is 77.9 cm³/mol. The van der Waals surface area contributed by atoms with E-state index in [1.807, 2.05) is 0 Å². The summed E-state index contributed by atoms with van der Waals surface area (Å²) in [7, 11) is 0. The molecule has 2 nitrogen and oxygen atoms in total. The molecule has 1 aromatic rings. The summed E-state index contributed by atoms with van der Waals surface area (Å²) in [6, 6.07) is 9.13. The first-order valence-corrected chi connectivity index (χ1v) is 7.01. The maximum atomic E-state index is 5.52. The molecule has 1 rings (SSSR count). The maximum Gasteiger partial charge on any atom is 0.0518 e. The molecular formula is C16H27NO. The number of rotatable bonds is 8. The van der Waals surface area contributed by atoms with Gasteiger partial charge in [0.1, 0.15) is 0 Å². The van der Waals surface area contributed by atoms with Gasteiger partial charge in [0, 0.05) is 12.6 Å². The van der Waals surface area contributed by atoms with Gasteiger partial charge < -0.3 is 10.1 Å². The highest BCUT2D eigenvalue weighted by molar-refractivity contribution is 5.24. The van der Waals surface area contributed by atoms with E-state index in [0.29, 0.717) is 12.1 Å². The minimum absolute atomic E-state index is 0.351. The third-order valence-corrected chi connectivity index (χ3v) is 3.01. The zero-order valence-corrected chi connectivity index (χ0v) is 12.2.